The van der Waals surface area contributed by atoms with Crippen LogP contribution in [0.4, 0.5) is 0 Å². The summed E-state index contributed by atoms with van der Waals surface area (Å²) in [6, 6.07) is 5.87. The smallest absolute Gasteiger partial charge is 0.310 e. The number of carboxylic acid groups (broad SMARTS) is 1. The molecule has 4 heteroatoms. The highest BCUT2D eigenvalue weighted by atomic mass is 35.5. The summed E-state index contributed by atoms with van der Waals surface area (Å²) in [5, 5.41) is 13.3. The number of carboxylic acids is 1. The van der Waals surface area contributed by atoms with Crippen LogP contribution in [0.3, 0.4) is 0 Å². The zero-order valence-corrected chi connectivity index (χ0v) is 12.5. The predicted octanol–water partition coefficient (Wildman–Crippen LogP) is 3.63. The molecule has 0 amide bonds. The van der Waals surface area contributed by atoms with Crippen LogP contribution >= 0.6 is 11.6 Å². The lowest BCUT2D eigenvalue weighted by Gasteiger charge is -2.27. The van der Waals surface area contributed by atoms with Gasteiger partial charge in [0.25, 0.3) is 0 Å². The van der Waals surface area contributed by atoms with E-state index in [0.29, 0.717) is 31.0 Å². The van der Waals surface area contributed by atoms with E-state index in [1.165, 1.54) is 0 Å². The molecule has 0 fully saturated rings. The fraction of sp³-hybridized carbons (Fsp3) is 0.533. The monoisotopic (exact) mass is 283 g/mol. The van der Waals surface area contributed by atoms with Crippen molar-refractivity contribution in [3.05, 3.63) is 34.3 Å². The van der Waals surface area contributed by atoms with Crippen molar-refractivity contribution in [1.29, 1.82) is 0 Å². The van der Waals surface area contributed by atoms with Crippen molar-refractivity contribution in [3.63, 3.8) is 0 Å². The Bertz CT molecular complexity index is 422. The van der Waals surface area contributed by atoms with Crippen molar-refractivity contribution in [3.8, 4) is 0 Å². The second kappa shape index (κ2) is 6.92. The van der Waals surface area contributed by atoms with Crippen LogP contribution in [0.1, 0.15) is 37.8 Å². The molecule has 19 heavy (non-hydrogen) atoms. The van der Waals surface area contributed by atoms with Gasteiger partial charge in [-0.2, -0.15) is 0 Å². The van der Waals surface area contributed by atoms with Crippen LogP contribution in [-0.4, -0.2) is 17.6 Å². The number of benzene rings is 1. The first kappa shape index (κ1) is 16.0. The summed E-state index contributed by atoms with van der Waals surface area (Å²) in [5.74, 6) is -0.729. The summed E-state index contributed by atoms with van der Waals surface area (Å²) < 4.78 is 0. The summed E-state index contributed by atoms with van der Waals surface area (Å²) in [6.07, 6.45) is 1.25. The number of halogens is 1. The topological polar surface area (TPSA) is 49.3 Å². The molecule has 1 rings (SSSR count). The number of nitrogens with one attached hydrogen (secondary N) is 1. The van der Waals surface area contributed by atoms with Gasteiger partial charge in [0.15, 0.2) is 0 Å². The first-order chi connectivity index (χ1) is 8.93. The van der Waals surface area contributed by atoms with Gasteiger partial charge in [-0.1, -0.05) is 31.5 Å². The number of aliphatic carboxylic acids is 1. The molecule has 1 aromatic carbocycles. The van der Waals surface area contributed by atoms with E-state index in [2.05, 4.69) is 11.4 Å². The molecule has 0 aromatic heterocycles. The molecule has 0 saturated carbocycles. The average molecular weight is 284 g/mol. The molecule has 3 nitrogen and oxygen atoms in total. The van der Waals surface area contributed by atoms with Gasteiger partial charge in [-0.15, -0.1) is 0 Å². The SMILES string of the molecule is CCC(CC)(CNCc1cc(C)cc(Cl)c1)C(=O)O. The van der Waals surface area contributed by atoms with Crippen LogP contribution in [0.15, 0.2) is 18.2 Å². The lowest BCUT2D eigenvalue weighted by Crippen LogP contribution is -2.40. The van der Waals surface area contributed by atoms with E-state index in [1.807, 2.05) is 32.9 Å². The summed E-state index contributed by atoms with van der Waals surface area (Å²) in [5.41, 5.74) is 1.52. The van der Waals surface area contributed by atoms with E-state index in [1.54, 1.807) is 0 Å². The Labute approximate surface area is 120 Å². The first-order valence-electron chi connectivity index (χ1n) is 6.63. The highest BCUT2D eigenvalue weighted by molar-refractivity contribution is 6.30. The van der Waals surface area contributed by atoms with Crippen molar-refractivity contribution in [2.24, 2.45) is 5.41 Å². The minimum Gasteiger partial charge on any atom is -0.481 e. The molecule has 2 N–H and O–H groups in total. The number of rotatable bonds is 7. The third-order valence-electron chi connectivity index (χ3n) is 3.70. The second-order valence-corrected chi connectivity index (χ2v) is 5.47. The predicted molar refractivity (Wildman–Crippen MR) is 78.5 cm³/mol. The molecule has 0 aliphatic carbocycles. The summed E-state index contributed by atoms with van der Waals surface area (Å²) in [6.45, 7) is 6.94. The van der Waals surface area contributed by atoms with E-state index in [4.69, 9.17) is 11.6 Å². The summed E-state index contributed by atoms with van der Waals surface area (Å²) >= 11 is 6.00. The zero-order chi connectivity index (χ0) is 14.5. The van der Waals surface area contributed by atoms with E-state index < -0.39 is 11.4 Å². The molecular formula is C15H22ClNO2. The summed E-state index contributed by atoms with van der Waals surface area (Å²) in [7, 11) is 0. The van der Waals surface area contributed by atoms with Crippen molar-refractivity contribution in [2.45, 2.75) is 40.2 Å². The van der Waals surface area contributed by atoms with Gasteiger partial charge < -0.3 is 10.4 Å². The van der Waals surface area contributed by atoms with Crippen LogP contribution in [0.2, 0.25) is 5.02 Å². The minimum atomic E-state index is -0.729. The minimum absolute atomic E-state index is 0.473. The molecule has 0 saturated heterocycles. The van der Waals surface area contributed by atoms with Crippen molar-refractivity contribution >= 4 is 17.6 Å². The van der Waals surface area contributed by atoms with E-state index >= 15 is 0 Å². The van der Waals surface area contributed by atoms with E-state index in [0.717, 1.165) is 11.1 Å². The Morgan fingerprint density at radius 1 is 1.32 bits per heavy atom. The van der Waals surface area contributed by atoms with Gasteiger partial charge in [-0.3, -0.25) is 4.79 Å². The van der Waals surface area contributed by atoms with Crippen LogP contribution in [0.5, 0.6) is 0 Å². The summed E-state index contributed by atoms with van der Waals surface area (Å²) in [4.78, 5) is 11.4. The van der Waals surface area contributed by atoms with Gasteiger partial charge in [-0.05, 0) is 43.0 Å². The lowest BCUT2D eigenvalue weighted by atomic mass is 9.82. The highest BCUT2D eigenvalue weighted by Gasteiger charge is 2.34. The van der Waals surface area contributed by atoms with Crippen molar-refractivity contribution in [2.75, 3.05) is 6.54 Å². The number of hydrogen-bond acceptors (Lipinski definition) is 2. The molecule has 0 bridgehead atoms. The van der Waals surface area contributed by atoms with Gasteiger partial charge in [0.2, 0.25) is 0 Å². The highest BCUT2D eigenvalue weighted by Crippen LogP contribution is 2.26. The Morgan fingerprint density at radius 2 is 1.95 bits per heavy atom. The lowest BCUT2D eigenvalue weighted by molar-refractivity contribution is -0.149. The molecule has 1 aromatic rings. The fourth-order valence-electron chi connectivity index (χ4n) is 2.24. The van der Waals surface area contributed by atoms with Crippen LogP contribution < -0.4 is 5.32 Å². The molecule has 0 unspecified atom stereocenters. The van der Waals surface area contributed by atoms with E-state index in [9.17, 15) is 9.90 Å². The van der Waals surface area contributed by atoms with Gasteiger partial charge in [0, 0.05) is 18.1 Å². The molecule has 0 spiro atoms. The third kappa shape index (κ3) is 4.22. The standard InChI is InChI=1S/C15H22ClNO2/c1-4-15(5-2,14(18)19)10-17-9-12-6-11(3)7-13(16)8-12/h6-8,17H,4-5,9-10H2,1-3H3,(H,18,19). The molecule has 106 valence electrons. The molecule has 0 heterocycles. The van der Waals surface area contributed by atoms with Crippen LogP contribution in [-0.2, 0) is 11.3 Å². The number of carbonyl (C=O) groups is 1. The Balaban J connectivity index is 2.64. The van der Waals surface area contributed by atoms with Gasteiger partial charge in [0.1, 0.15) is 0 Å². The first-order valence-corrected chi connectivity index (χ1v) is 7.01. The maximum Gasteiger partial charge on any atom is 0.310 e. The van der Waals surface area contributed by atoms with Crippen molar-refractivity contribution in [1.82, 2.24) is 5.32 Å². The Morgan fingerprint density at radius 3 is 2.42 bits per heavy atom. The van der Waals surface area contributed by atoms with E-state index in [-0.39, 0.29) is 0 Å². The van der Waals surface area contributed by atoms with Gasteiger partial charge in [0.05, 0.1) is 5.41 Å². The average Bonchev–Trinajstić information content (AvgIpc) is 2.33. The Kier molecular flexibility index (Phi) is 5.83. The molecule has 0 aliphatic heterocycles. The molecule has 0 radical (unpaired) electrons. The van der Waals surface area contributed by atoms with Gasteiger partial charge in [-0.25, -0.2) is 0 Å². The Hall–Kier alpha value is -1.06. The second-order valence-electron chi connectivity index (χ2n) is 5.03. The molecular weight excluding hydrogens is 262 g/mol. The quantitative estimate of drug-likeness (QED) is 0.803. The van der Waals surface area contributed by atoms with Crippen LogP contribution in [0, 0.1) is 12.3 Å². The van der Waals surface area contributed by atoms with Crippen molar-refractivity contribution < 1.29 is 9.90 Å². The number of hydrogen-bond donors (Lipinski definition) is 2. The molecule has 0 aliphatic rings. The van der Waals surface area contributed by atoms with Crippen LogP contribution in [0.25, 0.3) is 0 Å². The largest absolute Gasteiger partial charge is 0.481 e. The fourth-order valence-corrected chi connectivity index (χ4v) is 2.55. The van der Waals surface area contributed by atoms with Gasteiger partial charge >= 0.3 is 5.97 Å². The number of aryl methyl sites for hydroxylation is 1. The maximum absolute atomic E-state index is 11.4. The molecule has 0 atom stereocenters. The zero-order valence-electron chi connectivity index (χ0n) is 11.8. The maximum atomic E-state index is 11.4. The normalized spacial score (nSPS) is 11.6. The third-order valence-corrected chi connectivity index (χ3v) is 3.92.